The number of carbonyl (C=O) groups excluding carboxylic acids is 1. The maximum absolute atomic E-state index is 10.8. The molecule has 0 aliphatic carbocycles. The number of hydrogen-bond donors (Lipinski definition) is 0. The zero-order valence-corrected chi connectivity index (χ0v) is 13.8. The summed E-state index contributed by atoms with van der Waals surface area (Å²) >= 11 is 9.10. The Kier molecular flexibility index (Phi) is 5.99. The van der Waals surface area contributed by atoms with Crippen molar-refractivity contribution in [3.8, 4) is 5.75 Å². The van der Waals surface area contributed by atoms with Crippen LogP contribution in [0.15, 0.2) is 35.7 Å². The number of allylic oxidation sites excluding steroid dienone is 1. The third kappa shape index (κ3) is 4.47. The van der Waals surface area contributed by atoms with Crippen LogP contribution in [0.2, 0.25) is 0 Å². The van der Waals surface area contributed by atoms with Gasteiger partial charge in [0, 0.05) is 12.2 Å². The van der Waals surface area contributed by atoms with Gasteiger partial charge in [-0.05, 0) is 42.4 Å². The third-order valence-corrected chi connectivity index (χ3v) is 12.9. The maximum Gasteiger partial charge on any atom is 0.308 e. The van der Waals surface area contributed by atoms with Crippen molar-refractivity contribution in [1.29, 1.82) is 0 Å². The average molecular weight is 318 g/mol. The van der Waals surface area contributed by atoms with Crippen molar-refractivity contribution in [2.45, 2.75) is 13.8 Å². The highest BCUT2D eigenvalue weighted by Gasteiger charge is 2.19. The van der Waals surface area contributed by atoms with E-state index in [1.165, 1.54) is 6.92 Å². The molecule has 0 aliphatic heterocycles. The van der Waals surface area contributed by atoms with Crippen molar-refractivity contribution in [3.63, 3.8) is 0 Å². The second-order valence-corrected chi connectivity index (χ2v) is 15.0. The van der Waals surface area contributed by atoms with Crippen molar-refractivity contribution in [1.82, 2.24) is 0 Å². The van der Waals surface area contributed by atoms with Crippen LogP contribution in [0.25, 0.3) is 0 Å². The Morgan fingerprint density at radius 1 is 1.33 bits per heavy atom. The van der Waals surface area contributed by atoms with Crippen LogP contribution in [-0.2, 0) is 16.6 Å². The van der Waals surface area contributed by atoms with Crippen LogP contribution in [0.3, 0.4) is 0 Å². The van der Waals surface area contributed by atoms with Gasteiger partial charge in [0.15, 0.2) is 0 Å². The summed E-state index contributed by atoms with van der Waals surface area (Å²) in [5.41, 5.74) is 0. The Labute approximate surface area is 121 Å². The van der Waals surface area contributed by atoms with Gasteiger partial charge in [0.25, 0.3) is 0 Å². The average Bonchev–Trinajstić information content (AvgIpc) is 2.28. The molecule has 0 radical (unpaired) electrons. The monoisotopic (exact) mass is 318 g/mol. The lowest BCUT2D eigenvalue weighted by atomic mass is 10.3. The largest absolute Gasteiger partial charge is 0.427 e. The fourth-order valence-corrected chi connectivity index (χ4v) is 9.04. The topological polar surface area (TPSA) is 26.3 Å². The maximum atomic E-state index is 10.8. The van der Waals surface area contributed by atoms with Crippen LogP contribution in [0, 0.1) is 0 Å². The number of carbonyl (C=O) groups is 1. The summed E-state index contributed by atoms with van der Waals surface area (Å²) in [6.07, 6.45) is 2.02. The van der Waals surface area contributed by atoms with Crippen LogP contribution < -0.4 is 10.0 Å². The lowest BCUT2D eigenvalue weighted by Crippen LogP contribution is -2.04. The molecule has 0 heterocycles. The molecule has 18 heavy (non-hydrogen) atoms. The molecule has 1 rings (SSSR count). The fourth-order valence-electron chi connectivity index (χ4n) is 1.26. The van der Waals surface area contributed by atoms with Crippen molar-refractivity contribution in [2.75, 3.05) is 6.26 Å². The number of rotatable bonds is 5. The summed E-state index contributed by atoms with van der Waals surface area (Å²) in [6.45, 7) is 7.27. The highest BCUT2D eigenvalue weighted by molar-refractivity contribution is 9.03. The third-order valence-electron chi connectivity index (χ3n) is 1.93. The molecule has 0 aromatic heterocycles. The van der Waals surface area contributed by atoms with Crippen LogP contribution >= 0.6 is 27.2 Å². The molecular formula is C12H15O2PS3. The molecule has 1 atom stereocenters. The van der Waals surface area contributed by atoms with Gasteiger partial charge in [-0.15, -0.1) is 11.4 Å². The van der Waals surface area contributed by atoms with E-state index in [1.807, 2.05) is 25.3 Å². The molecule has 1 aromatic carbocycles. The predicted octanol–water partition coefficient (Wildman–Crippen LogP) is 4.18. The van der Waals surface area contributed by atoms with E-state index >= 15 is 0 Å². The van der Waals surface area contributed by atoms with Gasteiger partial charge in [0.1, 0.15) is 5.75 Å². The summed E-state index contributed by atoms with van der Waals surface area (Å²) in [5.74, 6) is 0.234. The smallest absolute Gasteiger partial charge is 0.308 e. The normalized spacial score (nSPS) is 13.7. The number of esters is 1. The van der Waals surface area contributed by atoms with Gasteiger partial charge in [-0.25, -0.2) is 0 Å². The van der Waals surface area contributed by atoms with Gasteiger partial charge in [0.05, 0.1) is 4.44 Å². The lowest BCUT2D eigenvalue weighted by Gasteiger charge is -2.19. The molecule has 0 N–H and O–H groups in total. The van der Waals surface area contributed by atoms with Gasteiger partial charge in [0.2, 0.25) is 0 Å². The van der Waals surface area contributed by atoms with Crippen LogP contribution in [0.1, 0.15) is 13.8 Å². The molecule has 1 unspecified atom stereocenters. The quantitative estimate of drug-likeness (QED) is 0.461. The molecule has 0 fully saturated rings. The number of ether oxygens (including phenoxy) is 1. The molecule has 0 aliphatic rings. The second kappa shape index (κ2) is 6.80. The van der Waals surface area contributed by atoms with E-state index in [1.54, 1.807) is 34.9 Å². The van der Waals surface area contributed by atoms with Crippen molar-refractivity contribution in [3.05, 3.63) is 35.7 Å². The molecular weight excluding hydrogens is 303 g/mol. The Morgan fingerprint density at radius 3 is 2.28 bits per heavy atom. The second-order valence-electron chi connectivity index (χ2n) is 3.56. The first-order chi connectivity index (χ1) is 8.37. The summed E-state index contributed by atoms with van der Waals surface area (Å²) in [4.78, 5) is 11.9. The van der Waals surface area contributed by atoms with Crippen molar-refractivity contribution < 1.29 is 9.53 Å². The summed E-state index contributed by atoms with van der Waals surface area (Å²) in [5, 5.41) is 1.11. The Hall–Kier alpha value is -0.220. The Bertz CT molecular complexity index is 497. The first-order valence-electron chi connectivity index (χ1n) is 5.17. The minimum Gasteiger partial charge on any atom is -0.427 e. The van der Waals surface area contributed by atoms with Gasteiger partial charge >= 0.3 is 5.97 Å². The molecule has 1 aromatic rings. The van der Waals surface area contributed by atoms with E-state index in [4.69, 9.17) is 16.5 Å². The minimum atomic E-state index is -1.74. The lowest BCUT2D eigenvalue weighted by molar-refractivity contribution is -0.131. The Balaban J connectivity index is 2.98. The molecule has 0 saturated carbocycles. The van der Waals surface area contributed by atoms with Crippen molar-refractivity contribution in [2.24, 2.45) is 0 Å². The van der Waals surface area contributed by atoms with Crippen LogP contribution in [0.4, 0.5) is 0 Å². The fraction of sp³-hybridized carbons (Fsp3) is 0.250. The summed E-state index contributed by atoms with van der Waals surface area (Å²) < 4.78 is 3.27. The Morgan fingerprint density at radius 2 is 1.89 bits per heavy atom. The number of hydrogen-bond acceptors (Lipinski definition) is 5. The van der Waals surface area contributed by atoms with Crippen LogP contribution in [-0.4, -0.2) is 12.2 Å². The van der Waals surface area contributed by atoms with E-state index in [-0.39, 0.29) is 5.97 Å². The molecule has 0 saturated heterocycles. The van der Waals surface area contributed by atoms with E-state index in [2.05, 4.69) is 6.58 Å². The molecule has 98 valence electrons. The minimum absolute atomic E-state index is 0.316. The summed E-state index contributed by atoms with van der Waals surface area (Å²) in [6, 6.07) is 7.44. The molecule has 0 amide bonds. The van der Waals surface area contributed by atoms with Crippen molar-refractivity contribution >= 4 is 50.3 Å². The molecule has 0 bridgehead atoms. The highest BCUT2D eigenvalue weighted by Crippen LogP contribution is 2.69. The molecule has 2 nitrogen and oxygen atoms in total. The van der Waals surface area contributed by atoms with E-state index in [0.717, 1.165) is 10.2 Å². The summed E-state index contributed by atoms with van der Waals surface area (Å²) in [7, 11) is 0. The molecule has 6 heteroatoms. The standard InChI is InChI=1S/C12H15O2PS3/c1-9(2)18-15(16,17-4)12-7-5-11(6-8-12)14-10(3)13/h5-8H,1H2,2-4H3. The van der Waals surface area contributed by atoms with E-state index < -0.39 is 4.44 Å². The number of benzene rings is 1. The van der Waals surface area contributed by atoms with Gasteiger partial charge < -0.3 is 4.74 Å². The molecule has 0 spiro atoms. The zero-order valence-electron chi connectivity index (χ0n) is 10.5. The highest BCUT2D eigenvalue weighted by atomic mass is 33.2. The van der Waals surface area contributed by atoms with Gasteiger partial charge in [-0.1, -0.05) is 29.8 Å². The van der Waals surface area contributed by atoms with Crippen LogP contribution in [0.5, 0.6) is 5.75 Å². The zero-order chi connectivity index (χ0) is 13.8. The van der Waals surface area contributed by atoms with E-state index in [0.29, 0.717) is 5.75 Å². The first kappa shape index (κ1) is 15.8. The van der Waals surface area contributed by atoms with Gasteiger partial charge in [-0.3, -0.25) is 4.79 Å². The first-order valence-corrected chi connectivity index (χ1v) is 11.2. The predicted molar refractivity (Wildman–Crippen MR) is 87.6 cm³/mol. The SMILES string of the molecule is C=C(C)SP(=S)(SC)c1ccc(OC(C)=O)cc1. The van der Waals surface area contributed by atoms with Gasteiger partial charge in [-0.2, -0.15) is 0 Å². The van der Waals surface area contributed by atoms with E-state index in [9.17, 15) is 4.79 Å².